The molecule has 144 valence electrons. The Labute approximate surface area is 152 Å². The molecule has 1 aliphatic heterocycles. The van der Waals surface area contributed by atoms with E-state index in [1.807, 2.05) is 0 Å². The van der Waals surface area contributed by atoms with E-state index in [0.717, 1.165) is 12.1 Å². The van der Waals surface area contributed by atoms with Gasteiger partial charge in [0.2, 0.25) is 0 Å². The Hall–Kier alpha value is -3.04. The predicted octanol–water partition coefficient (Wildman–Crippen LogP) is 3.22. The predicted molar refractivity (Wildman–Crippen MR) is 89.5 cm³/mol. The van der Waals surface area contributed by atoms with Crippen LogP contribution in [0.4, 0.5) is 23.8 Å². The summed E-state index contributed by atoms with van der Waals surface area (Å²) in [6, 6.07) is 5.63. The summed E-state index contributed by atoms with van der Waals surface area (Å²) >= 11 is 0. The van der Waals surface area contributed by atoms with Crippen molar-refractivity contribution < 1.29 is 27.9 Å². The molecule has 2 heterocycles. The van der Waals surface area contributed by atoms with Gasteiger partial charge in [-0.1, -0.05) is 6.07 Å². The van der Waals surface area contributed by atoms with E-state index in [2.05, 4.69) is 10.4 Å². The number of nitrogens with zero attached hydrogens (tertiary/aromatic N) is 3. The highest BCUT2D eigenvalue weighted by Gasteiger charge is 2.31. The lowest BCUT2D eigenvalue weighted by Gasteiger charge is -2.30. The minimum atomic E-state index is -4.46. The number of aliphatic carboxylic acids is 1. The van der Waals surface area contributed by atoms with Gasteiger partial charge in [-0.2, -0.15) is 13.2 Å². The first kappa shape index (κ1) is 18.7. The number of hydrogen-bond acceptors (Lipinski definition) is 3. The van der Waals surface area contributed by atoms with Gasteiger partial charge in [-0.05, 0) is 31.0 Å². The minimum Gasteiger partial charge on any atom is -0.481 e. The maximum atomic E-state index is 12.8. The third kappa shape index (κ3) is 4.39. The molecule has 1 saturated heterocycles. The largest absolute Gasteiger partial charge is 0.481 e. The number of halogens is 3. The number of likely N-dealkylation sites (tertiary alicyclic amines) is 1. The van der Waals surface area contributed by atoms with Crippen molar-refractivity contribution in [1.82, 2.24) is 14.7 Å². The van der Waals surface area contributed by atoms with Crippen LogP contribution >= 0.6 is 0 Å². The van der Waals surface area contributed by atoms with Gasteiger partial charge < -0.3 is 10.0 Å². The van der Waals surface area contributed by atoms with Crippen LogP contribution in [0.25, 0.3) is 5.69 Å². The zero-order valence-electron chi connectivity index (χ0n) is 14.1. The monoisotopic (exact) mass is 382 g/mol. The second-order valence-corrected chi connectivity index (χ2v) is 6.25. The van der Waals surface area contributed by atoms with E-state index in [9.17, 15) is 22.8 Å². The van der Waals surface area contributed by atoms with Crippen LogP contribution in [0.5, 0.6) is 0 Å². The van der Waals surface area contributed by atoms with E-state index in [-0.39, 0.29) is 18.1 Å². The summed E-state index contributed by atoms with van der Waals surface area (Å²) in [6.45, 7) is 0.541. The van der Waals surface area contributed by atoms with Crippen molar-refractivity contribution in [2.45, 2.75) is 19.0 Å². The molecule has 1 unspecified atom stereocenters. The van der Waals surface area contributed by atoms with Gasteiger partial charge in [0.25, 0.3) is 0 Å². The summed E-state index contributed by atoms with van der Waals surface area (Å²) in [4.78, 5) is 24.8. The number of alkyl halides is 3. The van der Waals surface area contributed by atoms with Gasteiger partial charge in [0.05, 0.1) is 17.2 Å². The molecule has 0 radical (unpaired) electrons. The number of anilines is 1. The van der Waals surface area contributed by atoms with Crippen LogP contribution in [-0.2, 0) is 11.0 Å². The molecule has 0 spiro atoms. The number of benzene rings is 1. The van der Waals surface area contributed by atoms with Crippen molar-refractivity contribution in [2.75, 3.05) is 18.4 Å². The number of rotatable bonds is 3. The van der Waals surface area contributed by atoms with Gasteiger partial charge in [-0.25, -0.2) is 9.48 Å². The molecule has 10 heteroatoms. The van der Waals surface area contributed by atoms with Crippen molar-refractivity contribution in [3.63, 3.8) is 0 Å². The standard InChI is InChI=1S/C17H17F3N4O3/c18-17(19,20)12-4-1-5-13(9-12)24-8-6-14(22-24)21-16(27)23-7-2-3-11(10-23)15(25)26/h1,4-6,8-9,11H,2-3,7,10H2,(H,25,26)(H,21,22,27). The zero-order chi connectivity index (χ0) is 19.6. The number of carbonyl (C=O) groups is 2. The summed E-state index contributed by atoms with van der Waals surface area (Å²) in [7, 11) is 0. The SMILES string of the molecule is O=C(O)C1CCCN(C(=O)Nc2ccn(-c3cccc(C(F)(F)F)c3)n2)C1. The second-order valence-electron chi connectivity index (χ2n) is 6.25. The minimum absolute atomic E-state index is 0.107. The van der Waals surface area contributed by atoms with Crippen LogP contribution in [-0.4, -0.2) is 44.9 Å². The van der Waals surface area contributed by atoms with E-state index in [1.165, 1.54) is 34.0 Å². The van der Waals surface area contributed by atoms with Crippen LogP contribution in [0.3, 0.4) is 0 Å². The average molecular weight is 382 g/mol. The summed E-state index contributed by atoms with van der Waals surface area (Å²) in [5.74, 6) is -1.39. The molecular formula is C17H17F3N4O3. The second kappa shape index (κ2) is 7.29. The molecular weight excluding hydrogens is 365 g/mol. The third-order valence-corrected chi connectivity index (χ3v) is 4.32. The van der Waals surface area contributed by atoms with Gasteiger partial charge >= 0.3 is 18.2 Å². The number of carboxylic acids is 1. The van der Waals surface area contributed by atoms with Crippen molar-refractivity contribution >= 4 is 17.8 Å². The Morgan fingerprint density at radius 2 is 2.04 bits per heavy atom. The Morgan fingerprint density at radius 3 is 2.74 bits per heavy atom. The summed E-state index contributed by atoms with van der Waals surface area (Å²) < 4.78 is 39.7. The smallest absolute Gasteiger partial charge is 0.416 e. The van der Waals surface area contributed by atoms with Crippen LogP contribution < -0.4 is 5.32 Å². The molecule has 0 bridgehead atoms. The average Bonchev–Trinajstić information content (AvgIpc) is 3.09. The molecule has 1 aromatic carbocycles. The van der Waals surface area contributed by atoms with Crippen molar-refractivity contribution in [3.05, 3.63) is 42.1 Å². The van der Waals surface area contributed by atoms with Crippen molar-refractivity contribution in [2.24, 2.45) is 5.92 Å². The van der Waals surface area contributed by atoms with Crippen LogP contribution in [0, 0.1) is 5.92 Å². The number of carboxylic acid groups (broad SMARTS) is 1. The number of piperidine rings is 1. The first-order valence-electron chi connectivity index (χ1n) is 8.26. The molecule has 3 rings (SSSR count). The summed E-state index contributed by atoms with van der Waals surface area (Å²) in [5.41, 5.74) is -0.594. The quantitative estimate of drug-likeness (QED) is 0.853. The Balaban J connectivity index is 1.69. The first-order chi connectivity index (χ1) is 12.7. The molecule has 27 heavy (non-hydrogen) atoms. The lowest BCUT2D eigenvalue weighted by atomic mass is 9.99. The van der Waals surface area contributed by atoms with E-state index in [1.54, 1.807) is 0 Å². The fraction of sp³-hybridized carbons (Fsp3) is 0.353. The zero-order valence-corrected chi connectivity index (χ0v) is 14.1. The fourth-order valence-corrected chi connectivity index (χ4v) is 2.91. The van der Waals surface area contributed by atoms with Gasteiger partial charge in [0, 0.05) is 25.4 Å². The normalized spacial score (nSPS) is 17.6. The van der Waals surface area contributed by atoms with Gasteiger partial charge in [0.15, 0.2) is 5.82 Å². The molecule has 0 aliphatic carbocycles. The maximum absolute atomic E-state index is 12.8. The highest BCUT2D eigenvalue weighted by atomic mass is 19.4. The van der Waals surface area contributed by atoms with Gasteiger partial charge in [0.1, 0.15) is 0 Å². The number of urea groups is 1. The molecule has 2 aromatic rings. The molecule has 2 amide bonds. The number of aromatic nitrogens is 2. The number of hydrogen-bond donors (Lipinski definition) is 2. The topological polar surface area (TPSA) is 87.5 Å². The molecule has 7 nitrogen and oxygen atoms in total. The Kier molecular flexibility index (Phi) is 5.06. The molecule has 0 saturated carbocycles. The molecule has 1 fully saturated rings. The summed E-state index contributed by atoms with van der Waals surface area (Å²) in [6.07, 6.45) is -1.93. The van der Waals surface area contributed by atoms with E-state index >= 15 is 0 Å². The third-order valence-electron chi connectivity index (χ3n) is 4.32. The van der Waals surface area contributed by atoms with E-state index < -0.39 is 29.7 Å². The maximum Gasteiger partial charge on any atom is 0.416 e. The number of nitrogens with one attached hydrogen (secondary N) is 1. The van der Waals surface area contributed by atoms with Gasteiger partial charge in [-0.3, -0.25) is 10.1 Å². The van der Waals surface area contributed by atoms with Crippen molar-refractivity contribution in [1.29, 1.82) is 0 Å². The Bertz CT molecular complexity index is 850. The summed E-state index contributed by atoms with van der Waals surface area (Å²) in [5, 5.41) is 15.7. The highest BCUT2D eigenvalue weighted by molar-refractivity contribution is 5.88. The molecule has 2 N–H and O–H groups in total. The number of carbonyl (C=O) groups excluding carboxylic acids is 1. The first-order valence-corrected chi connectivity index (χ1v) is 8.26. The van der Waals surface area contributed by atoms with Crippen LogP contribution in [0.1, 0.15) is 18.4 Å². The fourth-order valence-electron chi connectivity index (χ4n) is 2.91. The highest BCUT2D eigenvalue weighted by Crippen LogP contribution is 2.30. The molecule has 1 atom stereocenters. The lowest BCUT2D eigenvalue weighted by molar-refractivity contribution is -0.143. The number of amides is 2. The van der Waals surface area contributed by atoms with E-state index in [4.69, 9.17) is 5.11 Å². The van der Waals surface area contributed by atoms with Crippen LogP contribution in [0.2, 0.25) is 0 Å². The van der Waals surface area contributed by atoms with Gasteiger partial charge in [-0.15, -0.1) is 5.10 Å². The van der Waals surface area contributed by atoms with Crippen molar-refractivity contribution in [3.8, 4) is 5.69 Å². The molecule has 1 aromatic heterocycles. The lowest BCUT2D eigenvalue weighted by Crippen LogP contribution is -2.44. The Morgan fingerprint density at radius 1 is 1.26 bits per heavy atom. The van der Waals surface area contributed by atoms with E-state index in [0.29, 0.717) is 19.4 Å². The van der Waals surface area contributed by atoms with Crippen LogP contribution in [0.15, 0.2) is 36.5 Å². The molecule has 1 aliphatic rings.